The van der Waals surface area contributed by atoms with Crippen LogP contribution in [0.3, 0.4) is 0 Å². The Labute approximate surface area is 183 Å². The molecule has 1 unspecified atom stereocenters. The van der Waals surface area contributed by atoms with Crippen molar-refractivity contribution in [3.8, 4) is 0 Å². The van der Waals surface area contributed by atoms with E-state index in [2.05, 4.69) is 10.6 Å². The number of nitrogens with one attached hydrogen (secondary N) is 2. The first-order valence-electron chi connectivity index (χ1n) is 10.3. The van der Waals surface area contributed by atoms with Gasteiger partial charge in [0.05, 0.1) is 0 Å². The van der Waals surface area contributed by atoms with Gasteiger partial charge in [0, 0.05) is 31.7 Å². The molecule has 1 heterocycles. The van der Waals surface area contributed by atoms with Crippen molar-refractivity contribution in [1.82, 2.24) is 15.5 Å². The van der Waals surface area contributed by atoms with Gasteiger partial charge in [-0.25, -0.2) is 4.39 Å². The van der Waals surface area contributed by atoms with E-state index in [1.165, 1.54) is 12.1 Å². The van der Waals surface area contributed by atoms with Crippen LogP contribution in [0.25, 0.3) is 0 Å². The Morgan fingerprint density at radius 2 is 1.75 bits per heavy atom. The van der Waals surface area contributed by atoms with Gasteiger partial charge in [0.2, 0.25) is 5.91 Å². The molecule has 2 aromatic rings. The average Bonchev–Trinajstić information content (AvgIpc) is 3.19. The number of carbonyl (C=O) groups excluding carboxylic acids is 2. The number of hydrogen-bond acceptors (Lipinski definition) is 3. The fraction of sp³-hybridized carbons (Fsp3) is 0.391. The molecular weight excluding hydrogens is 426 g/mol. The summed E-state index contributed by atoms with van der Waals surface area (Å²) >= 11 is 0. The summed E-state index contributed by atoms with van der Waals surface area (Å²) < 4.78 is 55.3. The van der Waals surface area contributed by atoms with Crippen molar-refractivity contribution in [2.45, 2.75) is 26.1 Å². The zero-order chi connectivity index (χ0) is 23.4. The number of benzene rings is 2. The highest BCUT2D eigenvalue weighted by Gasteiger charge is 2.62. The molecule has 5 nitrogen and oxygen atoms in total. The minimum atomic E-state index is -4.70. The lowest BCUT2D eigenvalue weighted by atomic mass is 9.85. The van der Waals surface area contributed by atoms with Crippen LogP contribution in [-0.2, 0) is 11.3 Å². The maximum Gasteiger partial charge on any atom is 0.404 e. The first-order chi connectivity index (χ1) is 15.1. The third kappa shape index (κ3) is 5.27. The number of aryl methyl sites for hydroxylation is 1. The van der Waals surface area contributed by atoms with Crippen LogP contribution in [0, 0.1) is 18.2 Å². The van der Waals surface area contributed by atoms with Gasteiger partial charge in [-0.3, -0.25) is 14.5 Å². The Bertz CT molecular complexity index is 965. The summed E-state index contributed by atoms with van der Waals surface area (Å²) in [4.78, 5) is 26.3. The summed E-state index contributed by atoms with van der Waals surface area (Å²) in [6.45, 7) is 1.36. The number of amides is 2. The van der Waals surface area contributed by atoms with E-state index in [0.29, 0.717) is 12.1 Å². The molecule has 9 heteroatoms. The smallest absolute Gasteiger partial charge is 0.354 e. The van der Waals surface area contributed by atoms with Gasteiger partial charge in [-0.05, 0) is 43.1 Å². The number of likely N-dealkylation sites (tertiary alicyclic amines) is 1. The van der Waals surface area contributed by atoms with Crippen LogP contribution in [0.2, 0.25) is 0 Å². The molecule has 1 aliphatic heterocycles. The first-order valence-corrected chi connectivity index (χ1v) is 10.3. The molecule has 2 N–H and O–H groups in total. The van der Waals surface area contributed by atoms with Crippen LogP contribution >= 0.6 is 0 Å². The maximum absolute atomic E-state index is 13.9. The zero-order valence-corrected chi connectivity index (χ0v) is 17.6. The predicted octanol–water partition coefficient (Wildman–Crippen LogP) is 3.43. The standard InChI is InChI=1S/C23H25F4N3O2/c1-16-7-8-18(13-19(16)24)20(31)28-10-11-29-21(32)22(23(25,26)27)9-12-30(15-22)14-17-5-3-2-4-6-17/h2-8,13H,9-12,14-15H2,1H3,(H,28,31)(H,29,32). The molecule has 0 radical (unpaired) electrons. The Balaban J connectivity index is 1.55. The van der Waals surface area contributed by atoms with Crippen LogP contribution < -0.4 is 10.6 Å². The third-order valence-electron chi connectivity index (χ3n) is 5.70. The van der Waals surface area contributed by atoms with Crippen LogP contribution in [-0.4, -0.2) is 49.1 Å². The third-order valence-corrected chi connectivity index (χ3v) is 5.70. The zero-order valence-electron chi connectivity index (χ0n) is 17.6. The second-order valence-corrected chi connectivity index (χ2v) is 8.00. The van der Waals surface area contributed by atoms with Gasteiger partial charge in [0.1, 0.15) is 5.82 Å². The van der Waals surface area contributed by atoms with Crippen molar-refractivity contribution in [3.63, 3.8) is 0 Å². The molecule has 1 aliphatic rings. The molecule has 0 saturated carbocycles. The number of halogens is 4. The summed E-state index contributed by atoms with van der Waals surface area (Å²) in [5.41, 5.74) is -1.13. The van der Waals surface area contributed by atoms with Crippen molar-refractivity contribution < 1.29 is 27.2 Å². The van der Waals surface area contributed by atoms with Crippen molar-refractivity contribution in [2.24, 2.45) is 5.41 Å². The summed E-state index contributed by atoms with van der Waals surface area (Å²) in [7, 11) is 0. The van der Waals surface area contributed by atoms with Crippen molar-refractivity contribution in [1.29, 1.82) is 0 Å². The molecule has 0 spiro atoms. The van der Waals surface area contributed by atoms with E-state index in [9.17, 15) is 27.2 Å². The van der Waals surface area contributed by atoms with Gasteiger partial charge in [-0.2, -0.15) is 13.2 Å². The molecule has 0 bridgehead atoms. The Morgan fingerprint density at radius 3 is 2.41 bits per heavy atom. The quantitative estimate of drug-likeness (QED) is 0.501. The number of rotatable bonds is 7. The average molecular weight is 451 g/mol. The molecular formula is C23H25F4N3O2. The molecule has 1 fully saturated rings. The Morgan fingerprint density at radius 1 is 1.06 bits per heavy atom. The molecule has 1 atom stereocenters. The van der Waals surface area contributed by atoms with Crippen LogP contribution in [0.4, 0.5) is 17.6 Å². The molecule has 0 aromatic heterocycles. The lowest BCUT2D eigenvalue weighted by Crippen LogP contribution is -2.53. The second kappa shape index (κ2) is 9.68. The van der Waals surface area contributed by atoms with E-state index >= 15 is 0 Å². The van der Waals surface area contributed by atoms with Gasteiger partial charge < -0.3 is 10.6 Å². The van der Waals surface area contributed by atoms with Crippen LogP contribution in [0.5, 0.6) is 0 Å². The van der Waals surface area contributed by atoms with E-state index in [1.54, 1.807) is 11.8 Å². The van der Waals surface area contributed by atoms with Crippen LogP contribution in [0.15, 0.2) is 48.5 Å². The van der Waals surface area contributed by atoms with E-state index in [0.717, 1.165) is 11.6 Å². The highest BCUT2D eigenvalue weighted by atomic mass is 19.4. The van der Waals surface area contributed by atoms with Gasteiger partial charge >= 0.3 is 6.18 Å². The van der Waals surface area contributed by atoms with Crippen molar-refractivity contribution in [2.75, 3.05) is 26.2 Å². The molecule has 2 aromatic carbocycles. The molecule has 0 aliphatic carbocycles. The van der Waals surface area contributed by atoms with Gasteiger partial charge in [0.15, 0.2) is 5.41 Å². The SMILES string of the molecule is Cc1ccc(C(=O)NCCNC(=O)C2(C(F)(F)F)CCN(Cc3ccccc3)C2)cc1F. The first kappa shape index (κ1) is 23.7. The minimum absolute atomic E-state index is 0.0816. The topological polar surface area (TPSA) is 61.4 Å². The molecule has 3 rings (SSSR count). The monoisotopic (exact) mass is 451 g/mol. The molecule has 32 heavy (non-hydrogen) atoms. The normalized spacial score (nSPS) is 19.0. The summed E-state index contributed by atoms with van der Waals surface area (Å²) in [6.07, 6.45) is -5.03. The van der Waals surface area contributed by atoms with E-state index in [-0.39, 0.29) is 31.6 Å². The summed E-state index contributed by atoms with van der Waals surface area (Å²) in [5.74, 6) is -2.20. The van der Waals surface area contributed by atoms with E-state index < -0.39 is 35.8 Å². The largest absolute Gasteiger partial charge is 0.404 e. The van der Waals surface area contributed by atoms with Gasteiger partial charge in [-0.15, -0.1) is 0 Å². The Hall–Kier alpha value is -2.94. The van der Waals surface area contributed by atoms with E-state index in [4.69, 9.17) is 0 Å². The number of nitrogens with zero attached hydrogens (tertiary/aromatic N) is 1. The van der Waals surface area contributed by atoms with Gasteiger partial charge in [-0.1, -0.05) is 36.4 Å². The summed E-state index contributed by atoms with van der Waals surface area (Å²) in [6, 6.07) is 13.1. The van der Waals surface area contributed by atoms with Gasteiger partial charge in [0.25, 0.3) is 5.91 Å². The number of carbonyl (C=O) groups is 2. The number of hydrogen-bond donors (Lipinski definition) is 2. The lowest BCUT2D eigenvalue weighted by Gasteiger charge is -2.30. The predicted molar refractivity (Wildman–Crippen MR) is 111 cm³/mol. The minimum Gasteiger partial charge on any atom is -0.354 e. The fourth-order valence-corrected chi connectivity index (χ4v) is 3.77. The second-order valence-electron chi connectivity index (χ2n) is 8.00. The number of alkyl halides is 3. The maximum atomic E-state index is 13.9. The van der Waals surface area contributed by atoms with E-state index in [1.807, 2.05) is 30.3 Å². The van der Waals surface area contributed by atoms with Crippen molar-refractivity contribution >= 4 is 11.8 Å². The molecule has 1 saturated heterocycles. The molecule has 172 valence electrons. The highest BCUT2D eigenvalue weighted by Crippen LogP contribution is 2.46. The van der Waals surface area contributed by atoms with Crippen molar-refractivity contribution in [3.05, 3.63) is 71.0 Å². The fourth-order valence-electron chi connectivity index (χ4n) is 3.77. The lowest BCUT2D eigenvalue weighted by molar-refractivity contribution is -0.218. The summed E-state index contributed by atoms with van der Waals surface area (Å²) in [5, 5.41) is 4.78. The van der Waals surface area contributed by atoms with Crippen LogP contribution in [0.1, 0.15) is 27.9 Å². The molecule has 2 amide bonds. The highest BCUT2D eigenvalue weighted by molar-refractivity contribution is 5.94. The Kier molecular flexibility index (Phi) is 7.18.